The highest BCUT2D eigenvalue weighted by Crippen LogP contribution is 2.24. The first kappa shape index (κ1) is 18.9. The van der Waals surface area contributed by atoms with Crippen LogP contribution in [0.15, 0.2) is 54.9 Å². The van der Waals surface area contributed by atoms with Gasteiger partial charge in [-0.2, -0.15) is 4.98 Å². The molecule has 3 heterocycles. The molecule has 0 amide bonds. The molecular weight excluding hydrogens is 390 g/mol. The van der Waals surface area contributed by atoms with Crippen molar-refractivity contribution >= 4 is 39.4 Å². The molecule has 0 spiro atoms. The van der Waals surface area contributed by atoms with Crippen LogP contribution in [0.2, 0.25) is 0 Å². The maximum absolute atomic E-state index is 5.35. The Morgan fingerprint density at radius 3 is 2.84 bits per heavy atom. The average Bonchev–Trinajstić information content (AvgIpc) is 3.35. The Balaban J connectivity index is 1.25. The van der Waals surface area contributed by atoms with Crippen LogP contribution in [0.5, 0.6) is 5.75 Å². The van der Waals surface area contributed by atoms with Gasteiger partial charge in [-0.15, -0.1) is 0 Å². The number of imidazole rings is 1. The van der Waals surface area contributed by atoms with Crippen LogP contribution in [0.4, 0.5) is 17.5 Å². The first-order valence-electron chi connectivity index (χ1n) is 10.1. The minimum atomic E-state index is 0.583. The van der Waals surface area contributed by atoms with E-state index in [0.29, 0.717) is 12.5 Å². The highest BCUT2D eigenvalue weighted by molar-refractivity contribution is 5.84. The van der Waals surface area contributed by atoms with Crippen LogP contribution < -0.4 is 15.4 Å². The third kappa shape index (κ3) is 4.00. The molecule has 0 aliphatic rings. The number of ether oxygens (including phenoxy) is 1. The molecule has 0 bridgehead atoms. The number of benzene rings is 2. The van der Waals surface area contributed by atoms with Crippen molar-refractivity contribution in [2.75, 3.05) is 24.3 Å². The molecule has 5 rings (SSSR count). The second-order valence-corrected chi connectivity index (χ2v) is 7.35. The molecule has 0 saturated heterocycles. The molecule has 4 N–H and O–H groups in total. The smallest absolute Gasteiger partial charge is 0.224 e. The zero-order chi connectivity index (χ0) is 21.2. The summed E-state index contributed by atoms with van der Waals surface area (Å²) in [5.74, 6) is 3.06. The highest BCUT2D eigenvalue weighted by atomic mass is 16.5. The Labute approximate surface area is 179 Å². The quantitative estimate of drug-likeness (QED) is 0.312. The number of fused-ring (bicyclic) bond motifs is 2. The van der Waals surface area contributed by atoms with Gasteiger partial charge in [0, 0.05) is 35.5 Å². The van der Waals surface area contributed by atoms with E-state index in [2.05, 4.69) is 41.6 Å². The highest BCUT2D eigenvalue weighted by Gasteiger charge is 2.07. The molecule has 0 aliphatic heterocycles. The lowest BCUT2D eigenvalue weighted by Crippen LogP contribution is -2.08. The molecule has 0 atom stereocenters. The fourth-order valence-electron chi connectivity index (χ4n) is 3.67. The van der Waals surface area contributed by atoms with Crippen molar-refractivity contribution in [3.8, 4) is 5.75 Å². The first-order valence-corrected chi connectivity index (χ1v) is 10.1. The summed E-state index contributed by atoms with van der Waals surface area (Å²) in [7, 11) is 1.68. The second kappa shape index (κ2) is 7.98. The zero-order valence-electron chi connectivity index (χ0n) is 17.4. The lowest BCUT2D eigenvalue weighted by molar-refractivity contribution is 0.415. The molecule has 0 radical (unpaired) electrons. The summed E-state index contributed by atoms with van der Waals surface area (Å²) >= 11 is 0. The van der Waals surface area contributed by atoms with E-state index < -0.39 is 0 Å². The number of hydrogen-bond donors (Lipinski definition) is 4. The Morgan fingerprint density at radius 1 is 1.03 bits per heavy atom. The first-order chi connectivity index (χ1) is 15.2. The minimum Gasteiger partial charge on any atom is -0.497 e. The average molecular weight is 413 g/mol. The topological polar surface area (TPSA) is 104 Å². The summed E-state index contributed by atoms with van der Waals surface area (Å²) < 4.78 is 5.35. The lowest BCUT2D eigenvalue weighted by Gasteiger charge is -2.08. The van der Waals surface area contributed by atoms with Crippen LogP contribution in [0.3, 0.4) is 0 Å². The van der Waals surface area contributed by atoms with E-state index in [-0.39, 0.29) is 0 Å². The third-order valence-corrected chi connectivity index (χ3v) is 5.18. The van der Waals surface area contributed by atoms with Gasteiger partial charge in [0.2, 0.25) is 5.95 Å². The van der Waals surface area contributed by atoms with Crippen molar-refractivity contribution in [1.82, 2.24) is 24.9 Å². The van der Waals surface area contributed by atoms with E-state index in [9.17, 15) is 0 Å². The molecule has 5 aromatic rings. The van der Waals surface area contributed by atoms with E-state index in [1.807, 2.05) is 49.5 Å². The zero-order valence-corrected chi connectivity index (χ0v) is 17.4. The van der Waals surface area contributed by atoms with Gasteiger partial charge in [-0.05, 0) is 61.4 Å². The molecular formula is C23H23N7O. The number of aromatic nitrogens is 5. The van der Waals surface area contributed by atoms with Crippen LogP contribution in [0.1, 0.15) is 11.4 Å². The van der Waals surface area contributed by atoms with Crippen molar-refractivity contribution in [1.29, 1.82) is 0 Å². The van der Waals surface area contributed by atoms with Gasteiger partial charge >= 0.3 is 0 Å². The Kier molecular flexibility index (Phi) is 4.87. The van der Waals surface area contributed by atoms with Crippen LogP contribution >= 0.6 is 0 Å². The molecule has 8 heteroatoms. The lowest BCUT2D eigenvalue weighted by atomic mass is 10.1. The van der Waals surface area contributed by atoms with Gasteiger partial charge in [-0.25, -0.2) is 9.97 Å². The van der Waals surface area contributed by atoms with Gasteiger partial charge in [0.1, 0.15) is 17.4 Å². The van der Waals surface area contributed by atoms with Crippen molar-refractivity contribution < 1.29 is 4.74 Å². The Morgan fingerprint density at radius 2 is 1.94 bits per heavy atom. The van der Waals surface area contributed by atoms with Gasteiger partial charge in [0.15, 0.2) is 0 Å². The van der Waals surface area contributed by atoms with E-state index in [0.717, 1.165) is 46.1 Å². The van der Waals surface area contributed by atoms with Gasteiger partial charge in [0.05, 0.1) is 18.1 Å². The summed E-state index contributed by atoms with van der Waals surface area (Å²) in [6.45, 7) is 2.66. The summed E-state index contributed by atoms with van der Waals surface area (Å²) in [4.78, 5) is 19.9. The van der Waals surface area contributed by atoms with Crippen LogP contribution in [0.25, 0.3) is 21.9 Å². The van der Waals surface area contributed by atoms with Gasteiger partial charge in [-0.1, -0.05) is 0 Å². The Hall–Kier alpha value is -4.07. The molecule has 0 fully saturated rings. The summed E-state index contributed by atoms with van der Waals surface area (Å²) in [5, 5.41) is 7.80. The Bertz CT molecular complexity index is 1350. The SMILES string of the molecule is COc1ccc2[nH]cc(CCNc3nccc(Nc4ccc5[nH]c(C)nc5c4)n3)c2c1. The summed E-state index contributed by atoms with van der Waals surface area (Å²) in [5.41, 5.74) is 5.19. The number of methoxy groups -OCH3 is 1. The number of H-pyrrole nitrogens is 2. The van der Waals surface area contributed by atoms with Gasteiger partial charge < -0.3 is 25.3 Å². The summed E-state index contributed by atoms with van der Waals surface area (Å²) in [6.07, 6.45) is 4.62. The fourth-order valence-corrected chi connectivity index (χ4v) is 3.67. The monoisotopic (exact) mass is 413 g/mol. The molecule has 3 aromatic heterocycles. The second-order valence-electron chi connectivity index (χ2n) is 7.35. The predicted octanol–water partition coefficient (Wildman–Crippen LogP) is 4.55. The number of nitrogens with one attached hydrogen (secondary N) is 4. The number of nitrogens with zero attached hydrogens (tertiary/aromatic N) is 3. The molecule has 2 aromatic carbocycles. The molecule has 156 valence electrons. The van der Waals surface area contributed by atoms with Crippen LogP contribution in [0, 0.1) is 6.92 Å². The van der Waals surface area contributed by atoms with E-state index in [1.165, 1.54) is 10.9 Å². The largest absolute Gasteiger partial charge is 0.497 e. The molecule has 0 saturated carbocycles. The normalized spacial score (nSPS) is 11.2. The number of aryl methyl sites for hydroxylation is 1. The van der Waals surface area contributed by atoms with Gasteiger partial charge in [-0.3, -0.25) is 0 Å². The maximum Gasteiger partial charge on any atom is 0.224 e. The minimum absolute atomic E-state index is 0.583. The number of aromatic amines is 2. The molecule has 0 aliphatic carbocycles. The standard InChI is InChI=1S/C23H23N7O/c1-14-27-20-5-3-16(11-21(20)28-14)29-22-8-10-25-23(30-22)24-9-7-15-13-26-19-6-4-17(31-2)12-18(15)19/h3-6,8,10-13,26H,7,9H2,1-2H3,(H,27,28)(H2,24,25,29,30). The van der Waals surface area contributed by atoms with Gasteiger partial charge in [0.25, 0.3) is 0 Å². The summed E-state index contributed by atoms with van der Waals surface area (Å²) in [6, 6.07) is 13.9. The maximum atomic E-state index is 5.35. The van der Waals surface area contributed by atoms with Crippen molar-refractivity contribution in [2.45, 2.75) is 13.3 Å². The molecule has 31 heavy (non-hydrogen) atoms. The van der Waals surface area contributed by atoms with Crippen LogP contribution in [-0.4, -0.2) is 38.6 Å². The molecule has 0 unspecified atom stereocenters. The molecule has 8 nitrogen and oxygen atoms in total. The third-order valence-electron chi connectivity index (χ3n) is 5.18. The van der Waals surface area contributed by atoms with Crippen molar-refractivity contribution in [3.63, 3.8) is 0 Å². The number of hydrogen-bond acceptors (Lipinski definition) is 6. The van der Waals surface area contributed by atoms with Crippen LogP contribution in [-0.2, 0) is 6.42 Å². The van der Waals surface area contributed by atoms with E-state index in [4.69, 9.17) is 4.74 Å². The number of anilines is 3. The fraction of sp³-hybridized carbons (Fsp3) is 0.174. The number of rotatable bonds is 7. The van der Waals surface area contributed by atoms with Crippen molar-refractivity contribution in [3.05, 3.63) is 66.2 Å². The predicted molar refractivity (Wildman–Crippen MR) is 123 cm³/mol. The van der Waals surface area contributed by atoms with E-state index >= 15 is 0 Å². The van der Waals surface area contributed by atoms with E-state index in [1.54, 1.807) is 13.3 Å². The van der Waals surface area contributed by atoms with Crippen molar-refractivity contribution in [2.24, 2.45) is 0 Å².